The van der Waals surface area contributed by atoms with Crippen LogP contribution in [0.2, 0.25) is 0 Å². The van der Waals surface area contributed by atoms with Crippen molar-refractivity contribution in [1.29, 1.82) is 0 Å². The van der Waals surface area contributed by atoms with Crippen LogP contribution in [0.3, 0.4) is 0 Å². The fourth-order valence-corrected chi connectivity index (χ4v) is 7.40. The molecule has 0 N–H and O–H groups in total. The molecule has 0 spiro atoms. The first-order valence-electron chi connectivity index (χ1n) is 16.0. The van der Waals surface area contributed by atoms with Crippen molar-refractivity contribution >= 4 is 68.3 Å². The van der Waals surface area contributed by atoms with Crippen LogP contribution in [0.15, 0.2) is 109 Å². The number of thiocarbonyl (C=S) groups is 4. The Bertz CT molecular complexity index is 1430. The van der Waals surface area contributed by atoms with E-state index in [0.717, 1.165) is 53.5 Å². The number of hydrogen-bond acceptors (Lipinski definition) is 4. The van der Waals surface area contributed by atoms with Gasteiger partial charge in [-0.3, -0.25) is 0 Å². The fraction of sp³-hybridized carbons (Fsp3) is 0.300. The molecule has 0 amide bonds. The second kappa shape index (κ2) is 18.2. The maximum absolute atomic E-state index is 5.58. The molecule has 0 bridgehead atoms. The molecular formula is C40H40NiS4. The molecule has 2 fully saturated rings. The molecule has 0 radical (unpaired) electrons. The predicted molar refractivity (Wildman–Crippen MR) is 204 cm³/mol. The van der Waals surface area contributed by atoms with E-state index in [0.29, 0.717) is 0 Å². The predicted octanol–water partition coefficient (Wildman–Crippen LogP) is 11.7. The summed E-state index contributed by atoms with van der Waals surface area (Å²) in [6, 6.07) is 37.6. The van der Waals surface area contributed by atoms with Gasteiger partial charge in [-0.25, -0.2) is 0 Å². The standard InChI is InChI=1S/2C20H20S2.Ni/c2*21-19(17-9-5-2-6-10-17)20(22)18-13-11-16(12-14-18)15-7-3-1-4-8-15;/h2*2,5-6,9-15H,1,3-4,7-8H2;. The van der Waals surface area contributed by atoms with Crippen LogP contribution in [0.5, 0.6) is 0 Å². The molecule has 0 nitrogen and oxygen atoms in total. The molecule has 6 rings (SSSR count). The molecular weight excluding hydrogens is 667 g/mol. The van der Waals surface area contributed by atoms with Crippen LogP contribution in [0.4, 0.5) is 0 Å². The van der Waals surface area contributed by atoms with Crippen molar-refractivity contribution in [1.82, 2.24) is 0 Å². The molecule has 4 aromatic rings. The quantitative estimate of drug-likeness (QED) is 0.102. The second-order valence-electron chi connectivity index (χ2n) is 12.0. The summed E-state index contributed by atoms with van der Waals surface area (Å²) in [7, 11) is 0. The second-order valence-corrected chi connectivity index (χ2v) is 13.6. The average Bonchev–Trinajstić information content (AvgIpc) is 3.12. The van der Waals surface area contributed by atoms with E-state index in [1.54, 1.807) is 0 Å². The van der Waals surface area contributed by atoms with E-state index >= 15 is 0 Å². The van der Waals surface area contributed by atoms with Gasteiger partial charge in [-0.2, -0.15) is 0 Å². The van der Waals surface area contributed by atoms with Gasteiger partial charge in [-0.15, -0.1) is 0 Å². The fourth-order valence-electron chi connectivity index (χ4n) is 6.39. The molecule has 0 aromatic heterocycles. The van der Waals surface area contributed by atoms with Crippen LogP contribution >= 0.6 is 48.9 Å². The van der Waals surface area contributed by atoms with Gasteiger partial charge in [0, 0.05) is 16.5 Å². The first kappa shape index (κ1) is 35.6. The van der Waals surface area contributed by atoms with Crippen LogP contribution in [0, 0.1) is 0 Å². The van der Waals surface area contributed by atoms with Crippen LogP contribution in [-0.4, -0.2) is 19.5 Å². The molecule has 0 saturated heterocycles. The normalized spacial score (nSPS) is 15.1. The van der Waals surface area contributed by atoms with Gasteiger partial charge < -0.3 is 0 Å². The molecule has 0 unspecified atom stereocenters. The molecule has 0 atom stereocenters. The summed E-state index contributed by atoms with van der Waals surface area (Å²) in [6.45, 7) is 0. The zero-order chi connectivity index (χ0) is 30.7. The number of rotatable bonds is 8. The van der Waals surface area contributed by atoms with Gasteiger partial charge in [0.25, 0.3) is 0 Å². The van der Waals surface area contributed by atoms with Crippen LogP contribution in [-0.2, 0) is 16.5 Å². The topological polar surface area (TPSA) is 0 Å². The number of hydrogen-bond donors (Lipinski definition) is 0. The molecule has 234 valence electrons. The number of benzene rings is 4. The van der Waals surface area contributed by atoms with E-state index in [1.165, 1.54) is 75.3 Å². The van der Waals surface area contributed by atoms with Crippen molar-refractivity contribution in [3.8, 4) is 0 Å². The zero-order valence-electron chi connectivity index (χ0n) is 25.6. The van der Waals surface area contributed by atoms with Crippen molar-refractivity contribution in [3.05, 3.63) is 143 Å². The Morgan fingerprint density at radius 3 is 0.911 bits per heavy atom. The summed E-state index contributed by atoms with van der Waals surface area (Å²) in [5, 5.41) is 0. The summed E-state index contributed by atoms with van der Waals surface area (Å²) in [5.74, 6) is 1.47. The van der Waals surface area contributed by atoms with E-state index in [-0.39, 0.29) is 16.5 Å². The summed E-state index contributed by atoms with van der Waals surface area (Å²) in [4.78, 5) is 3.08. The van der Waals surface area contributed by atoms with Gasteiger partial charge in [0.05, 0.1) is 19.5 Å². The molecule has 2 aliphatic rings. The average molecular weight is 708 g/mol. The zero-order valence-corrected chi connectivity index (χ0v) is 29.8. The smallest absolute Gasteiger partial charge is 0.0636 e. The van der Waals surface area contributed by atoms with Crippen molar-refractivity contribution in [2.75, 3.05) is 0 Å². The minimum absolute atomic E-state index is 0. The Kier molecular flexibility index (Phi) is 14.4. The van der Waals surface area contributed by atoms with Gasteiger partial charge in [-0.05, 0) is 70.9 Å². The van der Waals surface area contributed by atoms with E-state index in [4.69, 9.17) is 48.9 Å². The largest absolute Gasteiger partial charge is 0.0778 e. The molecule has 2 saturated carbocycles. The first-order chi connectivity index (χ1) is 21.5. The van der Waals surface area contributed by atoms with Crippen molar-refractivity contribution in [3.63, 3.8) is 0 Å². The Balaban J connectivity index is 0.000000200. The van der Waals surface area contributed by atoms with Crippen LogP contribution in [0.25, 0.3) is 0 Å². The Morgan fingerprint density at radius 1 is 0.356 bits per heavy atom. The van der Waals surface area contributed by atoms with Gasteiger partial charge in [-0.1, -0.05) is 197 Å². The van der Waals surface area contributed by atoms with Crippen LogP contribution in [0.1, 0.15) is 109 Å². The molecule has 4 aromatic carbocycles. The molecule has 2 aliphatic carbocycles. The van der Waals surface area contributed by atoms with Gasteiger partial charge in [0.2, 0.25) is 0 Å². The third-order valence-electron chi connectivity index (χ3n) is 8.98. The Hall–Kier alpha value is -2.27. The summed E-state index contributed by atoms with van der Waals surface area (Å²) in [6.07, 6.45) is 13.5. The summed E-state index contributed by atoms with van der Waals surface area (Å²) < 4.78 is 0. The van der Waals surface area contributed by atoms with E-state index in [1.807, 2.05) is 60.7 Å². The van der Waals surface area contributed by atoms with Gasteiger partial charge in [0.1, 0.15) is 0 Å². The van der Waals surface area contributed by atoms with E-state index in [2.05, 4.69) is 48.5 Å². The molecule has 45 heavy (non-hydrogen) atoms. The Morgan fingerprint density at radius 2 is 0.622 bits per heavy atom. The van der Waals surface area contributed by atoms with Crippen molar-refractivity contribution < 1.29 is 16.5 Å². The minimum atomic E-state index is 0. The molecule has 5 heteroatoms. The minimum Gasteiger partial charge on any atom is -0.0778 e. The Labute approximate surface area is 301 Å². The van der Waals surface area contributed by atoms with E-state index < -0.39 is 0 Å². The monoisotopic (exact) mass is 706 g/mol. The third kappa shape index (κ3) is 9.86. The van der Waals surface area contributed by atoms with Crippen LogP contribution < -0.4 is 0 Å². The maximum Gasteiger partial charge on any atom is 0.0636 e. The van der Waals surface area contributed by atoms with E-state index in [9.17, 15) is 0 Å². The van der Waals surface area contributed by atoms with Crippen molar-refractivity contribution in [2.24, 2.45) is 0 Å². The summed E-state index contributed by atoms with van der Waals surface area (Å²) >= 11 is 22.3. The summed E-state index contributed by atoms with van der Waals surface area (Å²) in [5.41, 5.74) is 7.08. The maximum atomic E-state index is 5.58. The molecule has 0 heterocycles. The van der Waals surface area contributed by atoms with Gasteiger partial charge >= 0.3 is 0 Å². The molecule has 0 aliphatic heterocycles. The van der Waals surface area contributed by atoms with Gasteiger partial charge in [0.15, 0.2) is 0 Å². The third-order valence-corrected chi connectivity index (χ3v) is 11.0. The first-order valence-corrected chi connectivity index (χ1v) is 17.6. The SMILES string of the molecule is S=C(C(=S)c1ccc(C2CCCCC2)cc1)c1ccccc1.S=C(C(=S)c1ccc(C2CCCCC2)cc1)c1ccccc1.[Ni]. The van der Waals surface area contributed by atoms with Crippen molar-refractivity contribution in [2.45, 2.75) is 76.0 Å².